The lowest BCUT2D eigenvalue weighted by Gasteiger charge is -2.36. The van der Waals surface area contributed by atoms with Crippen LogP contribution >= 0.6 is 27.3 Å². The van der Waals surface area contributed by atoms with Gasteiger partial charge < -0.3 is 14.7 Å². The van der Waals surface area contributed by atoms with Gasteiger partial charge in [0.25, 0.3) is 5.91 Å². The molecule has 3 heterocycles. The summed E-state index contributed by atoms with van der Waals surface area (Å²) >= 11 is 5.33. The Morgan fingerprint density at radius 1 is 1.12 bits per heavy atom. The Kier molecular flexibility index (Phi) is 6.18. The van der Waals surface area contributed by atoms with Crippen molar-refractivity contribution in [2.45, 2.75) is 32.2 Å². The van der Waals surface area contributed by atoms with Crippen molar-refractivity contribution >= 4 is 49.2 Å². The van der Waals surface area contributed by atoms with Crippen LogP contribution in [0.5, 0.6) is 0 Å². The fraction of sp³-hybridized carbons (Fsp3) is 0.458. The maximum Gasteiger partial charge on any atom is 0.254 e. The molecule has 0 N–H and O–H groups in total. The summed E-state index contributed by atoms with van der Waals surface area (Å²) in [5, 5.41) is 1.26. The zero-order valence-electron chi connectivity index (χ0n) is 18.6. The number of piperazine rings is 1. The highest BCUT2D eigenvalue weighted by molar-refractivity contribution is 9.10. The lowest BCUT2D eigenvalue weighted by molar-refractivity contribution is 0.0746. The minimum Gasteiger partial charge on any atom is -0.352 e. The smallest absolute Gasteiger partial charge is 0.254 e. The summed E-state index contributed by atoms with van der Waals surface area (Å²) < 4.78 is 0.931. The second kappa shape index (κ2) is 9.08. The lowest BCUT2D eigenvalue weighted by Crippen LogP contribution is -2.49. The van der Waals surface area contributed by atoms with Crippen LogP contribution in [-0.2, 0) is 19.4 Å². The fourth-order valence-electron chi connectivity index (χ4n) is 4.69. The number of aryl methyl sites for hydroxylation is 2. The van der Waals surface area contributed by atoms with Crippen LogP contribution in [0.2, 0.25) is 0 Å². The molecule has 1 amide bonds. The van der Waals surface area contributed by atoms with Gasteiger partial charge in [0.2, 0.25) is 0 Å². The van der Waals surface area contributed by atoms with E-state index in [4.69, 9.17) is 9.97 Å². The van der Waals surface area contributed by atoms with Gasteiger partial charge in [0.15, 0.2) is 0 Å². The van der Waals surface area contributed by atoms with E-state index in [0.29, 0.717) is 13.1 Å². The molecule has 1 aliphatic carbocycles. The summed E-state index contributed by atoms with van der Waals surface area (Å²) in [5.41, 5.74) is 2.20. The predicted molar refractivity (Wildman–Crippen MR) is 134 cm³/mol. The molecule has 1 aromatic carbocycles. The molecule has 5 rings (SSSR count). The molecule has 168 valence electrons. The number of aromatic nitrogens is 2. The van der Waals surface area contributed by atoms with Gasteiger partial charge in [0, 0.05) is 41.1 Å². The molecule has 1 fully saturated rings. The van der Waals surface area contributed by atoms with Crippen LogP contribution in [0.4, 0.5) is 5.82 Å². The van der Waals surface area contributed by atoms with Gasteiger partial charge in [-0.15, -0.1) is 11.3 Å². The molecule has 6 nitrogen and oxygen atoms in total. The first-order valence-corrected chi connectivity index (χ1v) is 12.9. The highest BCUT2D eigenvalue weighted by Crippen LogP contribution is 2.40. The van der Waals surface area contributed by atoms with Crippen molar-refractivity contribution in [1.29, 1.82) is 0 Å². The third kappa shape index (κ3) is 4.28. The van der Waals surface area contributed by atoms with Gasteiger partial charge in [-0.2, -0.15) is 0 Å². The zero-order chi connectivity index (χ0) is 22.2. The average Bonchev–Trinajstić information content (AvgIpc) is 3.16. The Morgan fingerprint density at radius 3 is 2.66 bits per heavy atom. The number of fused-ring (bicyclic) bond motifs is 3. The summed E-state index contributed by atoms with van der Waals surface area (Å²) in [5.74, 6) is 2.05. The minimum absolute atomic E-state index is 0.0972. The molecule has 2 aromatic heterocycles. The summed E-state index contributed by atoms with van der Waals surface area (Å²) in [6, 6.07) is 7.64. The first-order chi connectivity index (χ1) is 15.5. The van der Waals surface area contributed by atoms with Gasteiger partial charge >= 0.3 is 0 Å². The number of amides is 1. The summed E-state index contributed by atoms with van der Waals surface area (Å²) in [6.45, 7) is 3.71. The van der Waals surface area contributed by atoms with E-state index >= 15 is 0 Å². The van der Waals surface area contributed by atoms with E-state index in [9.17, 15) is 4.79 Å². The number of halogens is 1. The number of benzene rings is 1. The molecule has 3 aromatic rings. The first kappa shape index (κ1) is 21.8. The number of nitrogens with zero attached hydrogens (tertiary/aromatic N) is 5. The van der Waals surface area contributed by atoms with E-state index in [-0.39, 0.29) is 5.91 Å². The van der Waals surface area contributed by atoms with Crippen molar-refractivity contribution in [3.63, 3.8) is 0 Å². The Bertz CT molecular complexity index is 1150. The standard InChI is InChI=1S/C24H28BrN5OS/c1-28(2)15-20-26-22(21-18-8-3-4-9-19(18)32-23(21)27-20)29-10-12-30(13-11-29)24(31)16-6-5-7-17(25)14-16/h5-7,14H,3-4,8-13,15H2,1-2H3. The molecule has 0 radical (unpaired) electrons. The summed E-state index contributed by atoms with van der Waals surface area (Å²) in [4.78, 5) is 32.1. The van der Waals surface area contributed by atoms with Crippen molar-refractivity contribution in [1.82, 2.24) is 19.8 Å². The van der Waals surface area contributed by atoms with Crippen LogP contribution in [0.3, 0.4) is 0 Å². The number of carbonyl (C=O) groups excluding carboxylic acids is 1. The van der Waals surface area contributed by atoms with Crippen molar-refractivity contribution < 1.29 is 4.79 Å². The highest BCUT2D eigenvalue weighted by Gasteiger charge is 2.28. The maximum absolute atomic E-state index is 13.0. The molecule has 0 unspecified atom stereocenters. The molecule has 0 saturated carbocycles. The number of hydrogen-bond donors (Lipinski definition) is 0. The van der Waals surface area contributed by atoms with E-state index in [1.54, 1.807) is 0 Å². The number of rotatable bonds is 4. The minimum atomic E-state index is 0.0972. The average molecular weight is 514 g/mol. The largest absolute Gasteiger partial charge is 0.352 e. The van der Waals surface area contributed by atoms with Crippen molar-refractivity contribution in [3.05, 3.63) is 50.6 Å². The fourth-order valence-corrected chi connectivity index (χ4v) is 6.36. The number of hydrogen-bond acceptors (Lipinski definition) is 6. The van der Waals surface area contributed by atoms with Gasteiger partial charge in [-0.3, -0.25) is 4.79 Å². The molecular weight excluding hydrogens is 486 g/mol. The monoisotopic (exact) mass is 513 g/mol. The van der Waals surface area contributed by atoms with Crippen LogP contribution in [-0.4, -0.2) is 65.9 Å². The Labute approximate surface area is 201 Å². The molecule has 1 aliphatic heterocycles. The van der Waals surface area contributed by atoms with Gasteiger partial charge in [-0.05, 0) is 63.5 Å². The number of thiophene rings is 1. The Hall–Kier alpha value is -2.03. The molecule has 0 spiro atoms. The van der Waals surface area contributed by atoms with E-state index in [0.717, 1.165) is 59.0 Å². The number of carbonyl (C=O) groups is 1. The molecule has 8 heteroatoms. The lowest BCUT2D eigenvalue weighted by atomic mass is 9.97. The quantitative estimate of drug-likeness (QED) is 0.518. The normalized spacial score (nSPS) is 16.6. The molecule has 2 aliphatic rings. The SMILES string of the molecule is CN(C)Cc1nc(N2CCN(C(=O)c3cccc(Br)c3)CC2)c2c3c(sc2n1)CCCC3. The van der Waals surface area contributed by atoms with Crippen molar-refractivity contribution in [2.75, 3.05) is 45.2 Å². The maximum atomic E-state index is 13.0. The van der Waals surface area contributed by atoms with E-state index in [2.05, 4.69) is 39.8 Å². The van der Waals surface area contributed by atoms with E-state index < -0.39 is 0 Å². The van der Waals surface area contributed by atoms with Gasteiger partial charge in [0.1, 0.15) is 16.5 Å². The molecule has 0 bridgehead atoms. The van der Waals surface area contributed by atoms with Crippen molar-refractivity contribution in [2.24, 2.45) is 0 Å². The second-order valence-corrected chi connectivity index (χ2v) is 10.9. The number of anilines is 1. The van der Waals surface area contributed by atoms with Crippen LogP contribution in [0.15, 0.2) is 28.7 Å². The summed E-state index contributed by atoms with van der Waals surface area (Å²) in [7, 11) is 4.11. The van der Waals surface area contributed by atoms with Crippen LogP contribution in [0.1, 0.15) is 39.5 Å². The zero-order valence-corrected chi connectivity index (χ0v) is 21.0. The van der Waals surface area contributed by atoms with Crippen LogP contribution < -0.4 is 4.90 Å². The van der Waals surface area contributed by atoms with Gasteiger partial charge in [0.05, 0.1) is 11.9 Å². The predicted octanol–water partition coefficient (Wildman–Crippen LogP) is 4.36. The topological polar surface area (TPSA) is 52.6 Å². The van der Waals surface area contributed by atoms with Crippen LogP contribution in [0, 0.1) is 0 Å². The first-order valence-electron chi connectivity index (χ1n) is 11.3. The van der Waals surface area contributed by atoms with Gasteiger partial charge in [-0.1, -0.05) is 22.0 Å². The third-order valence-electron chi connectivity index (χ3n) is 6.24. The van der Waals surface area contributed by atoms with Crippen molar-refractivity contribution in [3.8, 4) is 0 Å². The van der Waals surface area contributed by atoms with E-state index in [1.165, 1.54) is 28.7 Å². The Balaban J connectivity index is 1.43. The molecular formula is C24H28BrN5OS. The van der Waals surface area contributed by atoms with E-state index in [1.807, 2.05) is 40.5 Å². The highest BCUT2D eigenvalue weighted by atomic mass is 79.9. The summed E-state index contributed by atoms with van der Waals surface area (Å²) in [6.07, 6.45) is 4.80. The molecule has 0 atom stereocenters. The van der Waals surface area contributed by atoms with Gasteiger partial charge in [-0.25, -0.2) is 9.97 Å². The molecule has 32 heavy (non-hydrogen) atoms. The third-order valence-corrected chi connectivity index (χ3v) is 7.92. The molecule has 1 saturated heterocycles. The second-order valence-electron chi connectivity index (χ2n) is 8.88. The van der Waals surface area contributed by atoms with Crippen LogP contribution in [0.25, 0.3) is 10.2 Å². The Morgan fingerprint density at radius 2 is 1.91 bits per heavy atom.